The molecule has 23 heavy (non-hydrogen) atoms. The van der Waals surface area contributed by atoms with Crippen molar-refractivity contribution in [2.75, 3.05) is 12.5 Å². The molecule has 0 aromatic heterocycles. The third-order valence-electron chi connectivity index (χ3n) is 3.95. The molecule has 0 unspecified atom stereocenters. The van der Waals surface area contributed by atoms with Crippen LogP contribution in [0.15, 0.2) is 65.8 Å². The van der Waals surface area contributed by atoms with Crippen LogP contribution in [0.3, 0.4) is 0 Å². The lowest BCUT2D eigenvalue weighted by atomic mass is 10.0. The van der Waals surface area contributed by atoms with Crippen molar-refractivity contribution >= 4 is 22.2 Å². The van der Waals surface area contributed by atoms with Crippen molar-refractivity contribution in [3.8, 4) is 5.75 Å². The molecule has 0 fully saturated rings. The minimum atomic E-state index is 0.872. The quantitative estimate of drug-likeness (QED) is 0.544. The zero-order valence-corrected chi connectivity index (χ0v) is 13.6. The van der Waals surface area contributed by atoms with Crippen molar-refractivity contribution in [2.24, 2.45) is 5.10 Å². The summed E-state index contributed by atoms with van der Waals surface area (Å²) in [6, 6.07) is 20.5. The van der Waals surface area contributed by atoms with Crippen molar-refractivity contribution in [1.29, 1.82) is 0 Å². The standard InChI is InChI=1S/C20H20N2O/c1-14-6-4-5-7-20(14)22-21-15(2)16-8-9-18-13-19(23-3)11-10-17(18)12-16/h4-13,22H,1-3H3. The summed E-state index contributed by atoms with van der Waals surface area (Å²) in [7, 11) is 1.68. The average Bonchev–Trinajstić information content (AvgIpc) is 2.59. The van der Waals surface area contributed by atoms with Gasteiger partial charge in [0, 0.05) is 0 Å². The molecule has 3 heteroatoms. The molecule has 0 saturated heterocycles. The van der Waals surface area contributed by atoms with E-state index in [9.17, 15) is 0 Å². The van der Waals surface area contributed by atoms with Crippen molar-refractivity contribution in [3.05, 3.63) is 71.8 Å². The fourth-order valence-electron chi connectivity index (χ4n) is 2.48. The van der Waals surface area contributed by atoms with Crippen LogP contribution in [0.5, 0.6) is 5.75 Å². The highest BCUT2D eigenvalue weighted by Gasteiger charge is 2.02. The van der Waals surface area contributed by atoms with Gasteiger partial charge in [0.05, 0.1) is 18.5 Å². The topological polar surface area (TPSA) is 33.6 Å². The van der Waals surface area contributed by atoms with E-state index in [1.165, 1.54) is 10.9 Å². The number of anilines is 1. The monoisotopic (exact) mass is 304 g/mol. The van der Waals surface area contributed by atoms with Crippen LogP contribution in [-0.4, -0.2) is 12.8 Å². The molecule has 0 aliphatic rings. The summed E-state index contributed by atoms with van der Waals surface area (Å²) in [5, 5.41) is 6.84. The average molecular weight is 304 g/mol. The fraction of sp³-hybridized carbons (Fsp3) is 0.150. The van der Waals surface area contributed by atoms with Gasteiger partial charge in [-0.2, -0.15) is 5.10 Å². The molecule has 0 aliphatic heterocycles. The predicted octanol–water partition coefficient (Wildman–Crippen LogP) is 4.99. The Labute approximate surface area is 136 Å². The van der Waals surface area contributed by atoms with E-state index in [1.54, 1.807) is 7.11 Å². The Hall–Kier alpha value is -2.81. The largest absolute Gasteiger partial charge is 0.497 e. The predicted molar refractivity (Wildman–Crippen MR) is 97.5 cm³/mol. The van der Waals surface area contributed by atoms with Gasteiger partial charge in [0.1, 0.15) is 5.75 Å². The number of hydrogen-bond acceptors (Lipinski definition) is 3. The number of fused-ring (bicyclic) bond motifs is 1. The molecular formula is C20H20N2O. The molecule has 0 atom stereocenters. The summed E-state index contributed by atoms with van der Waals surface area (Å²) in [4.78, 5) is 0. The van der Waals surface area contributed by atoms with Gasteiger partial charge < -0.3 is 4.74 Å². The Morgan fingerprint density at radius 3 is 2.48 bits per heavy atom. The number of rotatable bonds is 4. The molecule has 3 nitrogen and oxygen atoms in total. The van der Waals surface area contributed by atoms with Gasteiger partial charge in [0.25, 0.3) is 0 Å². The minimum absolute atomic E-state index is 0.872. The molecule has 0 bridgehead atoms. The lowest BCUT2D eigenvalue weighted by Crippen LogP contribution is -2.00. The normalized spacial score (nSPS) is 11.5. The smallest absolute Gasteiger partial charge is 0.119 e. The second-order valence-electron chi connectivity index (χ2n) is 5.55. The maximum absolute atomic E-state index is 5.26. The van der Waals surface area contributed by atoms with Gasteiger partial charge in [0.2, 0.25) is 0 Å². The van der Waals surface area contributed by atoms with Crippen LogP contribution in [0.2, 0.25) is 0 Å². The highest BCUT2D eigenvalue weighted by Crippen LogP contribution is 2.22. The summed E-state index contributed by atoms with van der Waals surface area (Å²) in [5.74, 6) is 0.872. The highest BCUT2D eigenvalue weighted by molar-refractivity contribution is 6.02. The Morgan fingerprint density at radius 1 is 0.957 bits per heavy atom. The molecule has 1 N–H and O–H groups in total. The second kappa shape index (κ2) is 6.53. The minimum Gasteiger partial charge on any atom is -0.497 e. The van der Waals surface area contributed by atoms with Gasteiger partial charge in [-0.3, -0.25) is 5.43 Å². The molecule has 3 aromatic carbocycles. The molecule has 0 aliphatic carbocycles. The molecule has 3 aromatic rings. The van der Waals surface area contributed by atoms with Crippen LogP contribution in [0, 0.1) is 6.92 Å². The van der Waals surface area contributed by atoms with Crippen LogP contribution in [-0.2, 0) is 0 Å². The fourth-order valence-corrected chi connectivity index (χ4v) is 2.48. The molecule has 3 rings (SSSR count). The van der Waals surface area contributed by atoms with E-state index < -0.39 is 0 Å². The first-order valence-corrected chi connectivity index (χ1v) is 7.61. The van der Waals surface area contributed by atoms with E-state index in [1.807, 2.05) is 37.3 Å². The maximum Gasteiger partial charge on any atom is 0.119 e. The zero-order valence-electron chi connectivity index (χ0n) is 13.6. The van der Waals surface area contributed by atoms with E-state index in [-0.39, 0.29) is 0 Å². The number of nitrogens with zero attached hydrogens (tertiary/aromatic N) is 1. The lowest BCUT2D eigenvalue weighted by Gasteiger charge is -2.08. The molecule has 0 spiro atoms. The Morgan fingerprint density at radius 2 is 1.70 bits per heavy atom. The molecule has 0 heterocycles. The van der Waals surface area contributed by atoms with Crippen LogP contribution in [0.25, 0.3) is 10.8 Å². The second-order valence-corrected chi connectivity index (χ2v) is 5.55. The van der Waals surface area contributed by atoms with E-state index in [0.29, 0.717) is 0 Å². The number of aryl methyl sites for hydroxylation is 1. The van der Waals surface area contributed by atoms with Gasteiger partial charge in [-0.25, -0.2) is 0 Å². The summed E-state index contributed by atoms with van der Waals surface area (Å²) < 4.78 is 5.26. The SMILES string of the molecule is COc1ccc2cc(C(C)=NNc3ccccc3C)ccc2c1. The van der Waals surface area contributed by atoms with Crippen molar-refractivity contribution in [1.82, 2.24) is 0 Å². The highest BCUT2D eigenvalue weighted by atomic mass is 16.5. The molecule has 0 amide bonds. The number of benzene rings is 3. The first-order chi connectivity index (χ1) is 11.2. The van der Waals surface area contributed by atoms with Gasteiger partial charge in [-0.05, 0) is 60.0 Å². The number of methoxy groups -OCH3 is 1. The van der Waals surface area contributed by atoms with Gasteiger partial charge >= 0.3 is 0 Å². The number of para-hydroxylation sites is 1. The first-order valence-electron chi connectivity index (χ1n) is 7.61. The number of hydrazone groups is 1. The van der Waals surface area contributed by atoms with E-state index in [2.05, 4.69) is 47.8 Å². The summed E-state index contributed by atoms with van der Waals surface area (Å²) in [6.07, 6.45) is 0. The number of ether oxygens (including phenoxy) is 1. The van der Waals surface area contributed by atoms with E-state index >= 15 is 0 Å². The maximum atomic E-state index is 5.26. The molecular weight excluding hydrogens is 284 g/mol. The third-order valence-corrected chi connectivity index (χ3v) is 3.95. The number of hydrogen-bond donors (Lipinski definition) is 1. The van der Waals surface area contributed by atoms with Crippen LogP contribution < -0.4 is 10.2 Å². The Balaban J connectivity index is 1.87. The van der Waals surface area contributed by atoms with Crippen LogP contribution in [0.4, 0.5) is 5.69 Å². The van der Waals surface area contributed by atoms with Crippen LogP contribution in [0.1, 0.15) is 18.1 Å². The van der Waals surface area contributed by atoms with Gasteiger partial charge in [-0.1, -0.05) is 36.4 Å². The van der Waals surface area contributed by atoms with Crippen molar-refractivity contribution in [3.63, 3.8) is 0 Å². The molecule has 0 radical (unpaired) electrons. The number of nitrogens with one attached hydrogen (secondary N) is 1. The zero-order chi connectivity index (χ0) is 16.2. The summed E-state index contributed by atoms with van der Waals surface area (Å²) in [6.45, 7) is 4.08. The van der Waals surface area contributed by atoms with E-state index in [4.69, 9.17) is 4.74 Å². The lowest BCUT2D eigenvalue weighted by molar-refractivity contribution is 0.415. The van der Waals surface area contributed by atoms with Crippen LogP contribution >= 0.6 is 0 Å². The van der Waals surface area contributed by atoms with E-state index in [0.717, 1.165) is 28.1 Å². The van der Waals surface area contributed by atoms with Gasteiger partial charge in [-0.15, -0.1) is 0 Å². The van der Waals surface area contributed by atoms with Crippen molar-refractivity contribution in [2.45, 2.75) is 13.8 Å². The summed E-state index contributed by atoms with van der Waals surface area (Å²) in [5.41, 5.74) is 7.40. The molecule has 0 saturated carbocycles. The third kappa shape index (κ3) is 3.34. The summed E-state index contributed by atoms with van der Waals surface area (Å²) >= 11 is 0. The van der Waals surface area contributed by atoms with Gasteiger partial charge in [0.15, 0.2) is 0 Å². The Kier molecular flexibility index (Phi) is 4.29. The molecule has 116 valence electrons. The first kappa shape index (κ1) is 15.1. The van der Waals surface area contributed by atoms with Crippen molar-refractivity contribution < 1.29 is 4.74 Å². The Bertz CT molecular complexity index is 868.